The third kappa shape index (κ3) is 3.73. The lowest BCUT2D eigenvalue weighted by molar-refractivity contribution is 0.249. The number of nitrogens with one attached hydrogen (secondary N) is 1. The first-order chi connectivity index (χ1) is 6.98. The van der Waals surface area contributed by atoms with Gasteiger partial charge in [-0.15, -0.1) is 12.4 Å². The summed E-state index contributed by atoms with van der Waals surface area (Å²) in [6.45, 7) is 9.32. The minimum atomic E-state index is -0.0949. The molecule has 1 rings (SSSR count). The fraction of sp³-hybridized carbons (Fsp3) is 0.800. The van der Waals surface area contributed by atoms with Crippen molar-refractivity contribution in [3.8, 4) is 0 Å². The third-order valence-electron chi connectivity index (χ3n) is 2.91. The average Bonchev–Trinajstić information content (AvgIpc) is 2.60. The number of nitrogens with two attached hydrogens (primary N) is 1. The molecule has 0 saturated heterocycles. The van der Waals surface area contributed by atoms with Gasteiger partial charge in [0.25, 0.3) is 0 Å². The number of nitrogens with zero attached hydrogens (tertiary/aromatic N) is 2. The van der Waals surface area contributed by atoms with E-state index in [9.17, 15) is 0 Å². The molecule has 6 heteroatoms. The maximum Gasteiger partial charge on any atom is 0.240 e. The fourth-order valence-electron chi connectivity index (χ4n) is 1.20. The van der Waals surface area contributed by atoms with Crippen LogP contribution in [0.15, 0.2) is 4.52 Å². The summed E-state index contributed by atoms with van der Waals surface area (Å²) in [4.78, 5) is 4.13. The summed E-state index contributed by atoms with van der Waals surface area (Å²) in [6.07, 6.45) is 0. The molecule has 0 bridgehead atoms. The number of hydrogen-bond donors (Lipinski definition) is 2. The zero-order chi connectivity index (χ0) is 11.5. The second-order valence-corrected chi connectivity index (χ2v) is 4.37. The Morgan fingerprint density at radius 3 is 2.50 bits per heavy atom. The van der Waals surface area contributed by atoms with Crippen LogP contribution in [0.4, 0.5) is 0 Å². The molecule has 0 aliphatic carbocycles. The van der Waals surface area contributed by atoms with Crippen LogP contribution in [0.3, 0.4) is 0 Å². The molecule has 0 spiro atoms. The highest BCUT2D eigenvalue weighted by Crippen LogP contribution is 2.15. The van der Waals surface area contributed by atoms with Gasteiger partial charge < -0.3 is 15.6 Å². The standard InChI is InChI=1S/C10H20N4O.ClH/c1-7(2)10(4,6-11)12-5-9-13-8(3)14-15-9;/h7,12H,5-6,11H2,1-4H3;1H. The molecule has 1 unspecified atom stereocenters. The molecule has 16 heavy (non-hydrogen) atoms. The molecule has 0 aliphatic rings. The molecule has 0 fully saturated rings. The van der Waals surface area contributed by atoms with Crippen molar-refractivity contribution in [2.75, 3.05) is 6.54 Å². The Morgan fingerprint density at radius 1 is 1.50 bits per heavy atom. The van der Waals surface area contributed by atoms with Crippen LogP contribution >= 0.6 is 12.4 Å². The maximum absolute atomic E-state index is 5.75. The van der Waals surface area contributed by atoms with E-state index in [1.807, 2.05) is 0 Å². The first kappa shape index (κ1) is 15.3. The average molecular weight is 249 g/mol. The van der Waals surface area contributed by atoms with Crippen LogP contribution in [0.1, 0.15) is 32.5 Å². The van der Waals surface area contributed by atoms with Gasteiger partial charge in [-0.3, -0.25) is 0 Å². The van der Waals surface area contributed by atoms with Crippen molar-refractivity contribution in [3.05, 3.63) is 11.7 Å². The minimum absolute atomic E-state index is 0. The molecule has 94 valence electrons. The Hall–Kier alpha value is -0.650. The summed E-state index contributed by atoms with van der Waals surface area (Å²) in [6, 6.07) is 0. The Labute approximate surface area is 103 Å². The molecule has 3 N–H and O–H groups in total. The molecular formula is C10H21ClN4O. The molecule has 0 saturated carbocycles. The van der Waals surface area contributed by atoms with Crippen LogP contribution in [-0.4, -0.2) is 22.2 Å². The summed E-state index contributed by atoms with van der Waals surface area (Å²) in [7, 11) is 0. The van der Waals surface area contributed by atoms with Gasteiger partial charge in [-0.2, -0.15) is 4.98 Å². The van der Waals surface area contributed by atoms with E-state index in [4.69, 9.17) is 10.3 Å². The summed E-state index contributed by atoms with van der Waals surface area (Å²) in [5.41, 5.74) is 5.65. The van der Waals surface area contributed by atoms with E-state index in [-0.39, 0.29) is 17.9 Å². The third-order valence-corrected chi connectivity index (χ3v) is 2.91. The Bertz CT molecular complexity index is 316. The van der Waals surface area contributed by atoms with Crippen LogP contribution in [0.5, 0.6) is 0 Å². The van der Waals surface area contributed by atoms with Crippen molar-refractivity contribution in [2.45, 2.75) is 39.8 Å². The number of halogens is 1. The van der Waals surface area contributed by atoms with Crippen molar-refractivity contribution in [3.63, 3.8) is 0 Å². The highest BCUT2D eigenvalue weighted by atomic mass is 35.5. The van der Waals surface area contributed by atoms with E-state index in [0.717, 1.165) is 0 Å². The molecule has 0 aliphatic heterocycles. The number of rotatable bonds is 5. The zero-order valence-corrected chi connectivity index (χ0v) is 11.1. The molecular weight excluding hydrogens is 228 g/mol. The highest BCUT2D eigenvalue weighted by molar-refractivity contribution is 5.85. The normalized spacial score (nSPS) is 14.6. The highest BCUT2D eigenvalue weighted by Gasteiger charge is 2.26. The van der Waals surface area contributed by atoms with E-state index in [0.29, 0.717) is 30.7 Å². The Morgan fingerprint density at radius 2 is 2.12 bits per heavy atom. The predicted octanol–water partition coefficient (Wildman–Crippen LogP) is 1.26. The SMILES string of the molecule is Cc1noc(CNC(C)(CN)C(C)C)n1.Cl. The van der Waals surface area contributed by atoms with Crippen LogP contribution in [0.2, 0.25) is 0 Å². The van der Waals surface area contributed by atoms with Crippen molar-refractivity contribution >= 4 is 12.4 Å². The molecule has 0 amide bonds. The molecule has 0 radical (unpaired) electrons. The number of aromatic nitrogens is 2. The number of hydrogen-bond acceptors (Lipinski definition) is 5. The van der Waals surface area contributed by atoms with Gasteiger partial charge in [0.2, 0.25) is 5.89 Å². The second-order valence-electron chi connectivity index (χ2n) is 4.37. The first-order valence-corrected chi connectivity index (χ1v) is 5.22. The lowest BCUT2D eigenvalue weighted by atomic mass is 9.88. The van der Waals surface area contributed by atoms with Crippen molar-refractivity contribution in [1.29, 1.82) is 0 Å². The minimum Gasteiger partial charge on any atom is -0.338 e. The fourth-order valence-corrected chi connectivity index (χ4v) is 1.20. The molecule has 1 heterocycles. The molecule has 1 atom stereocenters. The molecule has 0 aromatic carbocycles. The van der Waals surface area contributed by atoms with Gasteiger partial charge in [0.05, 0.1) is 6.54 Å². The van der Waals surface area contributed by atoms with E-state index in [1.54, 1.807) is 6.92 Å². The monoisotopic (exact) mass is 248 g/mol. The smallest absolute Gasteiger partial charge is 0.240 e. The van der Waals surface area contributed by atoms with Gasteiger partial charge >= 0.3 is 0 Å². The van der Waals surface area contributed by atoms with Crippen LogP contribution < -0.4 is 11.1 Å². The van der Waals surface area contributed by atoms with Crippen LogP contribution in [0, 0.1) is 12.8 Å². The zero-order valence-electron chi connectivity index (χ0n) is 10.3. The topological polar surface area (TPSA) is 77.0 Å². The van der Waals surface area contributed by atoms with Crippen molar-refractivity contribution in [1.82, 2.24) is 15.5 Å². The van der Waals surface area contributed by atoms with Crippen molar-refractivity contribution < 1.29 is 4.52 Å². The Kier molecular flexibility index (Phi) is 5.92. The largest absolute Gasteiger partial charge is 0.338 e. The molecule has 5 nitrogen and oxygen atoms in total. The van der Waals surface area contributed by atoms with Crippen LogP contribution in [-0.2, 0) is 6.54 Å². The van der Waals surface area contributed by atoms with Crippen molar-refractivity contribution in [2.24, 2.45) is 11.7 Å². The van der Waals surface area contributed by atoms with Gasteiger partial charge in [0.1, 0.15) is 0 Å². The van der Waals surface area contributed by atoms with Crippen LogP contribution in [0.25, 0.3) is 0 Å². The van der Waals surface area contributed by atoms with Gasteiger partial charge in [0, 0.05) is 12.1 Å². The lowest BCUT2D eigenvalue weighted by Gasteiger charge is -2.33. The summed E-state index contributed by atoms with van der Waals surface area (Å²) >= 11 is 0. The molecule has 1 aromatic rings. The van der Waals surface area contributed by atoms with E-state index < -0.39 is 0 Å². The first-order valence-electron chi connectivity index (χ1n) is 5.22. The quantitative estimate of drug-likeness (QED) is 0.821. The number of aryl methyl sites for hydroxylation is 1. The predicted molar refractivity (Wildman–Crippen MR) is 65.4 cm³/mol. The van der Waals surface area contributed by atoms with E-state index in [1.165, 1.54) is 0 Å². The summed E-state index contributed by atoms with van der Waals surface area (Å²) in [5, 5.41) is 7.08. The summed E-state index contributed by atoms with van der Waals surface area (Å²) < 4.78 is 5.02. The van der Waals surface area contributed by atoms with E-state index in [2.05, 4.69) is 36.2 Å². The van der Waals surface area contributed by atoms with Gasteiger partial charge in [-0.25, -0.2) is 0 Å². The second kappa shape index (κ2) is 6.18. The lowest BCUT2D eigenvalue weighted by Crippen LogP contribution is -2.52. The molecule has 1 aromatic heterocycles. The van der Waals surface area contributed by atoms with Gasteiger partial charge in [-0.1, -0.05) is 19.0 Å². The van der Waals surface area contributed by atoms with Gasteiger partial charge in [0.15, 0.2) is 5.82 Å². The summed E-state index contributed by atoms with van der Waals surface area (Å²) in [5.74, 6) is 1.71. The Balaban J connectivity index is 0.00000225. The maximum atomic E-state index is 5.75. The van der Waals surface area contributed by atoms with Gasteiger partial charge in [-0.05, 0) is 19.8 Å². The van der Waals surface area contributed by atoms with E-state index >= 15 is 0 Å².